The molecule has 1 aromatic heterocycles. The molecule has 2 aromatic rings. The van der Waals surface area contributed by atoms with Crippen LogP contribution in [0.3, 0.4) is 0 Å². The Hall–Kier alpha value is -2.67. The Balaban J connectivity index is 1.44. The molecule has 58 heavy (non-hydrogen) atoms. The zero-order valence-electron chi connectivity index (χ0n) is 34.7. The number of amidine groups is 1. The number of aliphatic hydroxyl groups excluding tert-OH is 2. The standard InChI is InChI=1S/C42H67ClN5O9P/c1-5-6-7-8-9-10-11-12-13-14-15-16-17-18-19-20-25-53-29-34(54-28-32-21-22-33(27-44)35(43)26-32)30-55-58(51,52)56-31-42(2)40(50)38(49)39(57-42)36-23-24-37(41(45)46-3)48(36)47-4/h21-24,26,34,38-40,49-50H,4-20,25,28-31H2,1-3H3,(H2,45,46)(H,51,52)/t34-,38+,39+,40+,42-/m1/s1. The van der Waals surface area contributed by atoms with Crippen LogP contribution in [0, 0.1) is 11.3 Å². The summed E-state index contributed by atoms with van der Waals surface area (Å²) in [7, 11) is -3.22. The second-order valence-electron chi connectivity index (χ2n) is 15.3. The quantitative estimate of drug-likeness (QED) is 0.0246. The summed E-state index contributed by atoms with van der Waals surface area (Å²) in [5.41, 5.74) is 6.11. The van der Waals surface area contributed by atoms with E-state index in [2.05, 4.69) is 23.7 Å². The average molecular weight is 852 g/mol. The highest BCUT2D eigenvalue weighted by molar-refractivity contribution is 7.47. The van der Waals surface area contributed by atoms with Crippen LogP contribution in [0.15, 0.2) is 40.4 Å². The van der Waals surface area contributed by atoms with E-state index in [0.717, 1.165) is 19.3 Å². The van der Waals surface area contributed by atoms with Gasteiger partial charge >= 0.3 is 7.82 Å². The van der Waals surface area contributed by atoms with Crippen LogP contribution in [0.4, 0.5) is 0 Å². The molecule has 5 N–H and O–H groups in total. The summed E-state index contributed by atoms with van der Waals surface area (Å²) in [5, 5.41) is 35.4. The summed E-state index contributed by atoms with van der Waals surface area (Å²) in [5.74, 6) is 0.171. The fourth-order valence-corrected chi connectivity index (χ4v) is 8.02. The highest BCUT2D eigenvalue weighted by atomic mass is 35.5. The summed E-state index contributed by atoms with van der Waals surface area (Å²) in [4.78, 5) is 14.6. The molecule has 0 radical (unpaired) electrons. The van der Waals surface area contributed by atoms with Crippen molar-refractivity contribution < 1.29 is 42.9 Å². The van der Waals surface area contributed by atoms with Gasteiger partial charge in [-0.15, -0.1) is 0 Å². The molecule has 16 heteroatoms. The van der Waals surface area contributed by atoms with Gasteiger partial charge in [0.1, 0.15) is 47.6 Å². The lowest BCUT2D eigenvalue weighted by Gasteiger charge is -2.28. The lowest BCUT2D eigenvalue weighted by atomic mass is 9.97. The first kappa shape index (κ1) is 49.7. The number of nitrogens with zero attached hydrogens (tertiary/aromatic N) is 4. The molecule has 14 nitrogen and oxygen atoms in total. The van der Waals surface area contributed by atoms with Gasteiger partial charge < -0.3 is 35.1 Å². The molecule has 1 aromatic carbocycles. The zero-order chi connectivity index (χ0) is 42.4. The molecule has 0 amide bonds. The summed E-state index contributed by atoms with van der Waals surface area (Å²) in [6, 6.07) is 10.2. The number of nitrogens with two attached hydrogens (primary N) is 1. The monoisotopic (exact) mass is 851 g/mol. The van der Waals surface area contributed by atoms with Crippen molar-refractivity contribution >= 4 is 32.0 Å². The molecular formula is C42H67ClN5O9P. The maximum absolute atomic E-state index is 13.1. The van der Waals surface area contributed by atoms with Crippen molar-refractivity contribution in [3.63, 3.8) is 0 Å². The van der Waals surface area contributed by atoms with Crippen LogP contribution < -0.4 is 5.73 Å². The number of aliphatic hydroxyl groups is 2. The van der Waals surface area contributed by atoms with E-state index in [-0.39, 0.29) is 30.7 Å². The fraction of sp³-hybridized carbons (Fsp3) is 0.690. The lowest BCUT2D eigenvalue weighted by Crippen LogP contribution is -2.44. The molecular weight excluding hydrogens is 785 g/mol. The van der Waals surface area contributed by atoms with Crippen molar-refractivity contribution in [2.24, 2.45) is 15.8 Å². The summed E-state index contributed by atoms with van der Waals surface area (Å²) in [6.07, 6.45) is 15.6. The Bertz CT molecular complexity index is 1640. The van der Waals surface area contributed by atoms with Crippen molar-refractivity contribution in [1.82, 2.24) is 4.68 Å². The van der Waals surface area contributed by atoms with E-state index < -0.39 is 44.4 Å². The number of phosphoric ester groups is 1. The SMILES string of the molecule is C=Nn1c(/C(N)=N\C)ccc1[C@@H]1O[C@](C)(COP(=O)(O)OC[C@@H](COCCCCCCCCCCCCCCCCCC)OCc2ccc(C#N)c(Cl)c2)[C@@H](O)[C@H]1O. The van der Waals surface area contributed by atoms with Gasteiger partial charge in [-0.2, -0.15) is 10.4 Å². The lowest BCUT2D eigenvalue weighted by molar-refractivity contribution is -0.102. The smallest absolute Gasteiger partial charge is 0.387 e. The largest absolute Gasteiger partial charge is 0.472 e. The van der Waals surface area contributed by atoms with E-state index in [1.54, 1.807) is 30.3 Å². The van der Waals surface area contributed by atoms with Crippen molar-refractivity contribution in [2.45, 2.75) is 153 Å². The predicted molar refractivity (Wildman–Crippen MR) is 227 cm³/mol. The summed E-state index contributed by atoms with van der Waals surface area (Å²) >= 11 is 6.21. The van der Waals surface area contributed by atoms with Gasteiger partial charge in [0, 0.05) is 20.4 Å². The number of halogens is 1. The Morgan fingerprint density at radius 2 is 1.60 bits per heavy atom. The summed E-state index contributed by atoms with van der Waals surface area (Å²) in [6.45, 7) is 6.95. The summed E-state index contributed by atoms with van der Waals surface area (Å²) < 4.78 is 43.1. The van der Waals surface area contributed by atoms with Gasteiger partial charge in [-0.05, 0) is 43.2 Å². The van der Waals surface area contributed by atoms with E-state index in [4.69, 9.17) is 40.6 Å². The first-order chi connectivity index (χ1) is 27.9. The molecule has 3 rings (SSSR count). The van der Waals surface area contributed by atoms with Crippen LogP contribution in [0.1, 0.15) is 145 Å². The van der Waals surface area contributed by atoms with Gasteiger partial charge in [0.2, 0.25) is 0 Å². The molecule has 0 saturated carbocycles. The fourth-order valence-electron chi connectivity index (χ4n) is 6.93. The zero-order valence-corrected chi connectivity index (χ0v) is 36.4. The number of ether oxygens (including phenoxy) is 3. The second-order valence-corrected chi connectivity index (χ2v) is 17.1. The van der Waals surface area contributed by atoms with Gasteiger partial charge in [-0.3, -0.25) is 14.0 Å². The topological polar surface area (TPSA) is 203 Å². The van der Waals surface area contributed by atoms with Crippen LogP contribution in [0.25, 0.3) is 0 Å². The minimum Gasteiger partial charge on any atom is -0.387 e. The predicted octanol–water partition coefficient (Wildman–Crippen LogP) is 8.36. The number of phosphoric acid groups is 1. The van der Waals surface area contributed by atoms with E-state index in [1.807, 2.05) is 6.07 Å². The van der Waals surface area contributed by atoms with Crippen LogP contribution in [0.5, 0.6) is 0 Å². The number of hydrogen-bond donors (Lipinski definition) is 4. The average Bonchev–Trinajstić information content (AvgIpc) is 3.74. The number of hydrogen-bond acceptors (Lipinski definition) is 11. The molecule has 0 spiro atoms. The third-order valence-electron chi connectivity index (χ3n) is 10.5. The van der Waals surface area contributed by atoms with Crippen molar-refractivity contribution in [3.8, 4) is 6.07 Å². The highest BCUT2D eigenvalue weighted by Crippen LogP contribution is 2.47. The number of benzene rings is 1. The number of nitriles is 1. The van der Waals surface area contributed by atoms with Crippen LogP contribution in [-0.4, -0.2) is 89.7 Å². The maximum Gasteiger partial charge on any atom is 0.472 e. The molecule has 0 bridgehead atoms. The number of unbranched alkanes of at least 4 members (excludes halogenated alkanes) is 15. The second kappa shape index (κ2) is 26.5. The van der Waals surface area contributed by atoms with Gasteiger partial charge in [0.05, 0.1) is 42.7 Å². The number of aliphatic imine (C=N–C) groups is 1. The van der Waals surface area contributed by atoms with E-state index >= 15 is 0 Å². The van der Waals surface area contributed by atoms with Crippen LogP contribution in [0.2, 0.25) is 5.02 Å². The van der Waals surface area contributed by atoms with E-state index in [9.17, 15) is 24.9 Å². The maximum atomic E-state index is 13.1. The Labute approximate surface area is 350 Å². The van der Waals surface area contributed by atoms with Crippen molar-refractivity contribution in [3.05, 3.63) is 57.9 Å². The molecule has 6 atom stereocenters. The van der Waals surface area contributed by atoms with Crippen molar-refractivity contribution in [1.29, 1.82) is 5.26 Å². The minimum atomic E-state index is -4.73. The molecule has 1 aliphatic heterocycles. The van der Waals surface area contributed by atoms with Gasteiger partial charge in [0.15, 0.2) is 0 Å². The Morgan fingerprint density at radius 3 is 2.16 bits per heavy atom. The molecule has 1 fully saturated rings. The molecule has 1 unspecified atom stereocenters. The number of aromatic nitrogens is 1. The third kappa shape index (κ3) is 16.4. The first-order valence-corrected chi connectivity index (χ1v) is 22.7. The highest BCUT2D eigenvalue weighted by Gasteiger charge is 2.53. The molecule has 1 saturated heterocycles. The van der Waals surface area contributed by atoms with Gasteiger partial charge in [-0.1, -0.05) is 121 Å². The van der Waals surface area contributed by atoms with Gasteiger partial charge in [0.25, 0.3) is 0 Å². The van der Waals surface area contributed by atoms with Crippen LogP contribution in [-0.2, 0) is 34.4 Å². The van der Waals surface area contributed by atoms with E-state index in [1.165, 1.54) is 102 Å². The molecule has 2 heterocycles. The Kier molecular flexibility index (Phi) is 22.7. The van der Waals surface area contributed by atoms with Gasteiger partial charge in [-0.25, -0.2) is 9.24 Å². The molecule has 1 aliphatic rings. The first-order valence-electron chi connectivity index (χ1n) is 20.8. The minimum absolute atomic E-state index is 0.0780. The van der Waals surface area contributed by atoms with Crippen LogP contribution >= 0.6 is 19.4 Å². The normalized spacial score (nSPS) is 21.2. The van der Waals surface area contributed by atoms with Crippen molar-refractivity contribution in [2.75, 3.05) is 33.5 Å². The molecule has 0 aliphatic carbocycles. The third-order valence-corrected chi connectivity index (χ3v) is 11.7. The van der Waals surface area contributed by atoms with E-state index in [0.29, 0.717) is 29.1 Å². The number of rotatable bonds is 31. The Morgan fingerprint density at radius 1 is 1.00 bits per heavy atom. The molecule has 326 valence electrons.